The zero-order valence-corrected chi connectivity index (χ0v) is 14.1. The van der Waals surface area contributed by atoms with Crippen molar-refractivity contribution < 1.29 is 17.6 Å². The van der Waals surface area contributed by atoms with E-state index in [9.17, 15) is 17.6 Å². The molecule has 5 nitrogen and oxygen atoms in total. The molecule has 0 spiro atoms. The molecule has 1 aromatic carbocycles. The van der Waals surface area contributed by atoms with E-state index in [4.69, 9.17) is 0 Å². The predicted molar refractivity (Wildman–Crippen MR) is 86.9 cm³/mol. The lowest BCUT2D eigenvalue weighted by molar-refractivity contribution is -0.121. The Morgan fingerprint density at radius 1 is 1.26 bits per heavy atom. The van der Waals surface area contributed by atoms with Gasteiger partial charge in [0.2, 0.25) is 15.9 Å². The zero-order chi connectivity index (χ0) is 16.9. The highest BCUT2D eigenvalue weighted by Gasteiger charge is 2.30. The average Bonchev–Trinajstić information content (AvgIpc) is 2.99. The third kappa shape index (κ3) is 5.58. The summed E-state index contributed by atoms with van der Waals surface area (Å²) in [6.07, 6.45) is 5.36. The minimum absolute atomic E-state index is 0.0622. The first-order valence-corrected chi connectivity index (χ1v) is 9.69. The van der Waals surface area contributed by atoms with E-state index in [-0.39, 0.29) is 24.3 Å². The second kappa shape index (κ2) is 7.88. The molecule has 1 aliphatic carbocycles. The number of carbonyl (C=O) groups is 1. The number of nitrogens with zero attached hydrogens (tertiary/aromatic N) is 1. The molecule has 1 amide bonds. The molecule has 0 saturated heterocycles. The van der Waals surface area contributed by atoms with Crippen LogP contribution in [0.1, 0.15) is 31.2 Å². The fraction of sp³-hybridized carbons (Fsp3) is 0.562. The van der Waals surface area contributed by atoms with Gasteiger partial charge in [-0.3, -0.25) is 4.79 Å². The molecule has 7 heteroatoms. The highest BCUT2D eigenvalue weighted by Crippen LogP contribution is 2.24. The van der Waals surface area contributed by atoms with Crippen LogP contribution < -0.4 is 5.32 Å². The third-order valence-electron chi connectivity index (χ3n) is 4.11. The number of hydrogen-bond acceptors (Lipinski definition) is 3. The van der Waals surface area contributed by atoms with Crippen molar-refractivity contribution in [1.82, 2.24) is 9.62 Å². The molecule has 1 aromatic rings. The van der Waals surface area contributed by atoms with Gasteiger partial charge in [-0.25, -0.2) is 12.8 Å². The Morgan fingerprint density at radius 2 is 1.87 bits per heavy atom. The predicted octanol–water partition coefficient (Wildman–Crippen LogP) is 1.69. The molecule has 1 aliphatic rings. The van der Waals surface area contributed by atoms with Crippen LogP contribution in [0.3, 0.4) is 0 Å². The monoisotopic (exact) mass is 342 g/mol. The van der Waals surface area contributed by atoms with E-state index in [0.717, 1.165) is 37.5 Å². The molecule has 1 fully saturated rings. The van der Waals surface area contributed by atoms with Gasteiger partial charge in [-0.1, -0.05) is 25.0 Å². The molecule has 0 aliphatic heterocycles. The van der Waals surface area contributed by atoms with Gasteiger partial charge in [0.1, 0.15) is 5.82 Å². The fourth-order valence-corrected chi connectivity index (χ4v) is 4.01. The van der Waals surface area contributed by atoms with Crippen LogP contribution in [0.15, 0.2) is 24.3 Å². The molecule has 0 aromatic heterocycles. The summed E-state index contributed by atoms with van der Waals surface area (Å²) in [6.45, 7) is 0.264. The van der Waals surface area contributed by atoms with Gasteiger partial charge in [0.15, 0.2) is 0 Å². The van der Waals surface area contributed by atoms with E-state index in [2.05, 4.69) is 5.32 Å². The van der Waals surface area contributed by atoms with Crippen molar-refractivity contribution in [3.05, 3.63) is 35.6 Å². The number of rotatable bonds is 7. The van der Waals surface area contributed by atoms with Crippen LogP contribution in [0.5, 0.6) is 0 Å². The highest BCUT2D eigenvalue weighted by molar-refractivity contribution is 7.88. The van der Waals surface area contributed by atoms with E-state index in [1.807, 2.05) is 0 Å². The summed E-state index contributed by atoms with van der Waals surface area (Å²) in [6, 6.07) is 6.03. The minimum atomic E-state index is -3.39. The quantitative estimate of drug-likeness (QED) is 0.820. The first kappa shape index (κ1) is 17.9. The van der Waals surface area contributed by atoms with Crippen molar-refractivity contribution in [2.24, 2.45) is 0 Å². The average molecular weight is 342 g/mol. The van der Waals surface area contributed by atoms with Crippen LogP contribution in [-0.2, 0) is 21.2 Å². The smallest absolute Gasteiger partial charge is 0.235 e. The molecule has 0 unspecified atom stereocenters. The first-order chi connectivity index (χ1) is 10.9. The van der Waals surface area contributed by atoms with Gasteiger partial charge < -0.3 is 5.32 Å². The first-order valence-electron chi connectivity index (χ1n) is 7.84. The Labute approximate surface area is 136 Å². The number of amides is 1. The van der Waals surface area contributed by atoms with Crippen LogP contribution in [0, 0.1) is 5.82 Å². The van der Waals surface area contributed by atoms with E-state index in [1.165, 1.54) is 16.4 Å². The summed E-state index contributed by atoms with van der Waals surface area (Å²) in [5.74, 6) is -0.595. The normalized spacial score (nSPS) is 16.0. The molecule has 0 radical (unpaired) electrons. The van der Waals surface area contributed by atoms with Crippen molar-refractivity contribution in [1.29, 1.82) is 0 Å². The Kier molecular flexibility index (Phi) is 6.12. The van der Waals surface area contributed by atoms with Crippen molar-refractivity contribution in [3.8, 4) is 0 Å². The van der Waals surface area contributed by atoms with Crippen LogP contribution in [0.4, 0.5) is 4.39 Å². The van der Waals surface area contributed by atoms with E-state index in [1.54, 1.807) is 12.1 Å². The van der Waals surface area contributed by atoms with E-state index in [0.29, 0.717) is 13.0 Å². The van der Waals surface area contributed by atoms with E-state index < -0.39 is 10.0 Å². The summed E-state index contributed by atoms with van der Waals surface area (Å²) in [7, 11) is -3.39. The lowest BCUT2D eigenvalue weighted by Crippen LogP contribution is -2.45. The molecule has 23 heavy (non-hydrogen) atoms. The van der Waals surface area contributed by atoms with Crippen LogP contribution in [0.2, 0.25) is 0 Å². The minimum Gasteiger partial charge on any atom is -0.355 e. The van der Waals surface area contributed by atoms with Crippen LogP contribution >= 0.6 is 0 Å². The molecule has 0 bridgehead atoms. The maximum absolute atomic E-state index is 12.8. The number of carbonyl (C=O) groups excluding carboxylic acids is 1. The lowest BCUT2D eigenvalue weighted by Gasteiger charge is -2.25. The number of halogens is 1. The number of benzene rings is 1. The Bertz CT molecular complexity index is 625. The van der Waals surface area contributed by atoms with Gasteiger partial charge in [-0.2, -0.15) is 4.31 Å². The number of hydrogen-bond donors (Lipinski definition) is 1. The summed E-state index contributed by atoms with van der Waals surface area (Å²) in [4.78, 5) is 12.0. The molecule has 1 saturated carbocycles. The molecule has 0 atom stereocenters. The Hall–Kier alpha value is -1.47. The van der Waals surface area contributed by atoms with Crippen molar-refractivity contribution >= 4 is 15.9 Å². The lowest BCUT2D eigenvalue weighted by atomic mass is 10.1. The Morgan fingerprint density at radius 3 is 2.43 bits per heavy atom. The van der Waals surface area contributed by atoms with Gasteiger partial charge in [0, 0.05) is 12.6 Å². The van der Waals surface area contributed by atoms with Crippen LogP contribution in [-0.4, -0.2) is 44.0 Å². The number of nitrogens with one attached hydrogen (secondary N) is 1. The maximum atomic E-state index is 12.8. The van der Waals surface area contributed by atoms with Gasteiger partial charge in [0.25, 0.3) is 0 Å². The second-order valence-corrected chi connectivity index (χ2v) is 7.91. The van der Waals surface area contributed by atoms with Gasteiger partial charge in [0.05, 0.1) is 12.8 Å². The zero-order valence-electron chi connectivity index (χ0n) is 13.3. The fourth-order valence-electron chi connectivity index (χ4n) is 2.90. The highest BCUT2D eigenvalue weighted by atomic mass is 32.2. The Balaban J connectivity index is 1.83. The molecule has 0 heterocycles. The van der Waals surface area contributed by atoms with E-state index >= 15 is 0 Å². The SMILES string of the molecule is CS(=O)(=O)N(CC(=O)NCCc1ccc(F)cc1)C1CCCC1. The van der Waals surface area contributed by atoms with Gasteiger partial charge in [-0.05, 0) is 37.0 Å². The third-order valence-corrected chi connectivity index (χ3v) is 5.39. The van der Waals surface area contributed by atoms with Crippen molar-refractivity contribution in [2.45, 2.75) is 38.1 Å². The van der Waals surface area contributed by atoms with Crippen molar-refractivity contribution in [2.75, 3.05) is 19.3 Å². The number of sulfonamides is 1. The summed E-state index contributed by atoms with van der Waals surface area (Å²) >= 11 is 0. The van der Waals surface area contributed by atoms with Gasteiger partial charge in [-0.15, -0.1) is 0 Å². The van der Waals surface area contributed by atoms with Gasteiger partial charge >= 0.3 is 0 Å². The molecule has 1 N–H and O–H groups in total. The summed E-state index contributed by atoms with van der Waals surface area (Å²) in [5.41, 5.74) is 0.919. The molecular formula is C16H23FN2O3S. The molecule has 2 rings (SSSR count). The molecule has 128 valence electrons. The summed E-state index contributed by atoms with van der Waals surface area (Å²) in [5, 5.41) is 2.73. The standard InChI is InChI=1S/C16H23FN2O3S/c1-23(21,22)19(15-4-2-3-5-15)12-16(20)18-11-10-13-6-8-14(17)9-7-13/h6-9,15H,2-5,10-12H2,1H3,(H,18,20). The largest absolute Gasteiger partial charge is 0.355 e. The van der Waals surface area contributed by atoms with Crippen LogP contribution in [0.25, 0.3) is 0 Å². The molecular weight excluding hydrogens is 319 g/mol. The topological polar surface area (TPSA) is 66.5 Å². The van der Waals surface area contributed by atoms with Crippen molar-refractivity contribution in [3.63, 3.8) is 0 Å². The second-order valence-electron chi connectivity index (χ2n) is 5.97. The maximum Gasteiger partial charge on any atom is 0.235 e. The summed E-state index contributed by atoms with van der Waals surface area (Å²) < 4.78 is 37.9.